The number of rotatable bonds is 6. The molecule has 2 fully saturated rings. The van der Waals surface area contributed by atoms with Gasteiger partial charge in [0, 0.05) is 17.8 Å². The molecule has 9 heteroatoms. The van der Waals surface area contributed by atoms with Crippen LogP contribution in [0.25, 0.3) is 0 Å². The maximum Gasteiger partial charge on any atom is 0.229 e. The van der Waals surface area contributed by atoms with Crippen LogP contribution in [0.3, 0.4) is 0 Å². The molecule has 1 aliphatic heterocycles. The Morgan fingerprint density at radius 1 is 1.06 bits per heavy atom. The summed E-state index contributed by atoms with van der Waals surface area (Å²) < 4.78 is 15.1. The first kappa shape index (κ1) is 23.1. The van der Waals surface area contributed by atoms with Crippen molar-refractivity contribution < 1.29 is 4.39 Å². The van der Waals surface area contributed by atoms with Gasteiger partial charge in [0.2, 0.25) is 5.95 Å². The summed E-state index contributed by atoms with van der Waals surface area (Å²) in [5.41, 5.74) is 3.48. The molecule has 5 rings (SSSR count). The van der Waals surface area contributed by atoms with Gasteiger partial charge in [0.25, 0.3) is 0 Å². The Kier molecular flexibility index (Phi) is 6.70. The van der Waals surface area contributed by atoms with Crippen LogP contribution in [0, 0.1) is 19.7 Å². The molecule has 0 atom stereocenters. The highest BCUT2D eigenvalue weighted by Crippen LogP contribution is 2.38. The molecule has 0 spiro atoms. The van der Waals surface area contributed by atoms with Gasteiger partial charge in [0.1, 0.15) is 10.8 Å². The maximum atomic E-state index is 15.1. The Balaban J connectivity index is 1.28. The van der Waals surface area contributed by atoms with E-state index in [1.54, 1.807) is 6.07 Å². The summed E-state index contributed by atoms with van der Waals surface area (Å²) in [6.07, 6.45) is 8.79. The predicted octanol–water partition coefficient (Wildman–Crippen LogP) is 6.22. The minimum atomic E-state index is -0.293. The number of hydrogen-bond donors (Lipinski definition) is 3. The third kappa shape index (κ3) is 5.03. The Morgan fingerprint density at radius 2 is 1.82 bits per heavy atom. The minimum absolute atomic E-state index is 0.260. The van der Waals surface area contributed by atoms with E-state index in [-0.39, 0.29) is 11.8 Å². The fraction of sp³-hybridized carbons (Fsp3) is 0.480. The summed E-state index contributed by atoms with van der Waals surface area (Å²) in [4.78, 5) is 11.3. The van der Waals surface area contributed by atoms with Crippen molar-refractivity contribution in [2.24, 2.45) is 0 Å². The van der Waals surface area contributed by atoms with E-state index in [2.05, 4.69) is 42.6 Å². The fourth-order valence-electron chi connectivity index (χ4n) is 5.33. The molecule has 3 aromatic rings. The summed E-state index contributed by atoms with van der Waals surface area (Å²) in [6, 6.07) is 6.10. The number of aryl methyl sites for hydroxylation is 2. The van der Waals surface area contributed by atoms with Gasteiger partial charge in [0.05, 0.1) is 11.9 Å². The smallest absolute Gasteiger partial charge is 0.229 e. The predicted molar refractivity (Wildman–Crippen MR) is 134 cm³/mol. The largest absolute Gasteiger partial charge is 0.322 e. The zero-order chi connectivity index (χ0) is 23.7. The van der Waals surface area contributed by atoms with Crippen molar-refractivity contribution in [3.63, 3.8) is 0 Å². The second-order valence-corrected chi connectivity index (χ2v) is 9.92. The third-order valence-electron chi connectivity index (χ3n) is 7.09. The van der Waals surface area contributed by atoms with Crippen LogP contribution in [0.15, 0.2) is 24.4 Å². The molecule has 0 unspecified atom stereocenters. The normalized spacial score (nSPS) is 21.1. The number of likely N-dealkylation sites (tertiary alicyclic amines) is 1. The highest BCUT2D eigenvalue weighted by molar-refractivity contribution is 6.32. The van der Waals surface area contributed by atoms with Gasteiger partial charge >= 0.3 is 0 Å². The van der Waals surface area contributed by atoms with Gasteiger partial charge in [-0.05, 0) is 94.6 Å². The fourth-order valence-corrected chi connectivity index (χ4v) is 5.47. The highest BCUT2D eigenvalue weighted by atomic mass is 35.5. The summed E-state index contributed by atoms with van der Waals surface area (Å²) in [7, 11) is 0. The van der Waals surface area contributed by atoms with Crippen molar-refractivity contribution in [2.45, 2.75) is 64.3 Å². The van der Waals surface area contributed by atoms with E-state index >= 15 is 4.39 Å². The molecule has 3 heterocycles. The van der Waals surface area contributed by atoms with Crippen molar-refractivity contribution in [3.05, 3.63) is 52.1 Å². The van der Waals surface area contributed by atoms with Crippen LogP contribution in [0.4, 0.5) is 27.7 Å². The van der Waals surface area contributed by atoms with Gasteiger partial charge in [-0.1, -0.05) is 11.6 Å². The van der Waals surface area contributed by atoms with E-state index in [1.165, 1.54) is 45.0 Å². The molecule has 1 aromatic carbocycles. The molecular weight excluding hydrogens is 453 g/mol. The van der Waals surface area contributed by atoms with Gasteiger partial charge in [-0.25, -0.2) is 9.37 Å². The van der Waals surface area contributed by atoms with Crippen LogP contribution in [-0.2, 0) is 0 Å². The maximum absolute atomic E-state index is 15.1. The monoisotopic (exact) mass is 483 g/mol. The Hall–Kier alpha value is -2.71. The van der Waals surface area contributed by atoms with Crippen molar-refractivity contribution in [3.8, 4) is 0 Å². The standard InChI is InChI=1S/C25H31ClFN7/c1-15-11-22(29-25-28-14-20(26)24(31-25)30-23-12-16(2)32-33-23)21(27)13-19(15)17-5-7-18(8-6-17)34-9-3-4-10-34/h11-14,17-18H,3-10H2,1-2H3,(H3,28,29,30,31,32,33). The molecule has 34 heavy (non-hydrogen) atoms. The first-order valence-corrected chi connectivity index (χ1v) is 12.5. The lowest BCUT2D eigenvalue weighted by Gasteiger charge is -2.35. The molecule has 2 aliphatic rings. The summed E-state index contributed by atoms with van der Waals surface area (Å²) in [5.74, 6) is 1.38. The van der Waals surface area contributed by atoms with E-state index in [0.29, 0.717) is 34.3 Å². The summed E-state index contributed by atoms with van der Waals surface area (Å²) in [5, 5.41) is 13.4. The number of halogens is 2. The second kappa shape index (κ2) is 9.88. The number of anilines is 4. The number of aromatic nitrogens is 4. The molecule has 180 valence electrons. The number of hydrogen-bond acceptors (Lipinski definition) is 6. The Bertz CT molecular complexity index is 1150. The Labute approximate surface area is 204 Å². The average molecular weight is 484 g/mol. The molecule has 1 saturated heterocycles. The molecule has 3 N–H and O–H groups in total. The first-order chi connectivity index (χ1) is 16.5. The summed E-state index contributed by atoms with van der Waals surface area (Å²) >= 11 is 6.24. The van der Waals surface area contributed by atoms with Crippen LogP contribution >= 0.6 is 11.6 Å². The number of benzene rings is 1. The van der Waals surface area contributed by atoms with Crippen molar-refractivity contribution in [2.75, 3.05) is 23.7 Å². The molecule has 1 aliphatic carbocycles. The van der Waals surface area contributed by atoms with Crippen molar-refractivity contribution in [1.29, 1.82) is 0 Å². The van der Waals surface area contributed by atoms with Gasteiger partial charge in [0.15, 0.2) is 11.6 Å². The van der Waals surface area contributed by atoms with Crippen LogP contribution in [-0.4, -0.2) is 44.2 Å². The van der Waals surface area contributed by atoms with E-state index in [9.17, 15) is 0 Å². The van der Waals surface area contributed by atoms with E-state index in [0.717, 1.165) is 29.7 Å². The minimum Gasteiger partial charge on any atom is -0.322 e. The number of H-pyrrole nitrogens is 1. The van der Waals surface area contributed by atoms with Crippen LogP contribution in [0.1, 0.15) is 61.3 Å². The third-order valence-corrected chi connectivity index (χ3v) is 7.37. The topological polar surface area (TPSA) is 81.8 Å². The number of aromatic amines is 1. The lowest BCUT2D eigenvalue weighted by Crippen LogP contribution is -2.35. The van der Waals surface area contributed by atoms with E-state index in [4.69, 9.17) is 11.6 Å². The molecule has 1 saturated carbocycles. The lowest BCUT2D eigenvalue weighted by atomic mass is 9.79. The molecular formula is C25H31ClFN7. The van der Waals surface area contributed by atoms with E-state index < -0.39 is 0 Å². The van der Waals surface area contributed by atoms with Crippen LogP contribution < -0.4 is 10.6 Å². The lowest BCUT2D eigenvalue weighted by molar-refractivity contribution is 0.182. The SMILES string of the molecule is Cc1cc(Nc2nc(Nc3cc(C)c(C4CCC(N5CCCC5)CC4)cc3F)ncc2Cl)n[nH]1. The highest BCUT2D eigenvalue weighted by Gasteiger charge is 2.29. The molecule has 0 bridgehead atoms. The quantitative estimate of drug-likeness (QED) is 0.386. The average Bonchev–Trinajstić information content (AvgIpc) is 3.50. The second-order valence-electron chi connectivity index (χ2n) is 9.51. The zero-order valence-electron chi connectivity index (χ0n) is 19.7. The van der Waals surface area contributed by atoms with E-state index in [1.807, 2.05) is 19.1 Å². The molecule has 0 radical (unpaired) electrons. The summed E-state index contributed by atoms with van der Waals surface area (Å²) in [6.45, 7) is 6.45. The van der Waals surface area contributed by atoms with Crippen LogP contribution in [0.2, 0.25) is 5.02 Å². The molecule has 0 amide bonds. The number of nitrogens with one attached hydrogen (secondary N) is 3. The van der Waals surface area contributed by atoms with Gasteiger partial charge in [-0.2, -0.15) is 10.1 Å². The molecule has 2 aromatic heterocycles. The zero-order valence-corrected chi connectivity index (χ0v) is 20.4. The number of nitrogens with zero attached hydrogens (tertiary/aromatic N) is 4. The van der Waals surface area contributed by atoms with Crippen molar-refractivity contribution >= 4 is 34.9 Å². The Morgan fingerprint density at radius 3 is 2.53 bits per heavy atom. The first-order valence-electron chi connectivity index (χ1n) is 12.1. The van der Waals surface area contributed by atoms with Gasteiger partial charge in [-0.15, -0.1) is 0 Å². The van der Waals surface area contributed by atoms with Crippen LogP contribution in [0.5, 0.6) is 0 Å². The van der Waals surface area contributed by atoms with Gasteiger partial charge in [-0.3, -0.25) is 5.10 Å². The van der Waals surface area contributed by atoms with Crippen molar-refractivity contribution in [1.82, 2.24) is 25.1 Å². The molecule has 7 nitrogen and oxygen atoms in total. The van der Waals surface area contributed by atoms with Gasteiger partial charge < -0.3 is 15.5 Å².